The van der Waals surface area contributed by atoms with Crippen molar-refractivity contribution in [2.45, 2.75) is 25.8 Å². The number of carbonyl (C=O) groups excluding carboxylic acids is 2. The SMILES string of the molecule is COc1cccc(NC(=O)C(=O)CCCCn2ccnc2)c1. The first-order valence-corrected chi connectivity index (χ1v) is 7.13. The number of amides is 1. The predicted molar refractivity (Wildman–Crippen MR) is 82.7 cm³/mol. The van der Waals surface area contributed by atoms with E-state index in [4.69, 9.17) is 4.74 Å². The number of ketones is 1. The van der Waals surface area contributed by atoms with Crippen LogP contribution in [0.25, 0.3) is 0 Å². The quantitative estimate of drug-likeness (QED) is 0.599. The van der Waals surface area contributed by atoms with E-state index < -0.39 is 11.7 Å². The van der Waals surface area contributed by atoms with Gasteiger partial charge in [-0.1, -0.05) is 6.07 Å². The average molecular weight is 301 g/mol. The molecule has 22 heavy (non-hydrogen) atoms. The summed E-state index contributed by atoms with van der Waals surface area (Å²) in [6.07, 6.45) is 7.06. The second-order valence-corrected chi connectivity index (χ2v) is 4.87. The molecule has 0 atom stereocenters. The molecule has 1 N–H and O–H groups in total. The average Bonchev–Trinajstić information content (AvgIpc) is 3.04. The van der Waals surface area contributed by atoms with Gasteiger partial charge in [0, 0.05) is 37.1 Å². The molecule has 0 saturated heterocycles. The van der Waals surface area contributed by atoms with Crippen molar-refractivity contribution in [3.8, 4) is 5.75 Å². The molecule has 0 aliphatic carbocycles. The molecular formula is C16H19N3O3. The van der Waals surface area contributed by atoms with Crippen molar-refractivity contribution in [2.24, 2.45) is 0 Å². The lowest BCUT2D eigenvalue weighted by molar-refractivity contribution is -0.134. The highest BCUT2D eigenvalue weighted by Gasteiger charge is 2.13. The Hall–Kier alpha value is -2.63. The second kappa shape index (κ2) is 7.97. The van der Waals surface area contributed by atoms with E-state index in [0.29, 0.717) is 17.9 Å². The molecule has 2 rings (SSSR count). The summed E-state index contributed by atoms with van der Waals surface area (Å²) in [6.45, 7) is 0.796. The number of aryl methyl sites for hydroxylation is 1. The van der Waals surface area contributed by atoms with Crippen molar-refractivity contribution >= 4 is 17.4 Å². The van der Waals surface area contributed by atoms with Crippen molar-refractivity contribution < 1.29 is 14.3 Å². The van der Waals surface area contributed by atoms with Gasteiger partial charge in [-0.2, -0.15) is 0 Å². The Morgan fingerprint density at radius 3 is 2.91 bits per heavy atom. The van der Waals surface area contributed by atoms with Crippen LogP contribution in [0.1, 0.15) is 19.3 Å². The smallest absolute Gasteiger partial charge is 0.291 e. The van der Waals surface area contributed by atoms with Gasteiger partial charge >= 0.3 is 0 Å². The predicted octanol–water partition coefficient (Wildman–Crippen LogP) is 2.27. The molecule has 6 nitrogen and oxygen atoms in total. The van der Waals surface area contributed by atoms with Gasteiger partial charge in [0.1, 0.15) is 5.75 Å². The van der Waals surface area contributed by atoms with Gasteiger partial charge in [-0.3, -0.25) is 9.59 Å². The summed E-state index contributed by atoms with van der Waals surface area (Å²) in [5.41, 5.74) is 0.552. The molecular weight excluding hydrogens is 282 g/mol. The summed E-state index contributed by atoms with van der Waals surface area (Å²) in [7, 11) is 1.55. The van der Waals surface area contributed by atoms with Gasteiger partial charge in [-0.05, 0) is 25.0 Å². The van der Waals surface area contributed by atoms with Crippen molar-refractivity contribution in [2.75, 3.05) is 12.4 Å². The minimum absolute atomic E-state index is 0.241. The van der Waals surface area contributed by atoms with Crippen molar-refractivity contribution in [1.29, 1.82) is 0 Å². The molecule has 0 spiro atoms. The Balaban J connectivity index is 1.73. The van der Waals surface area contributed by atoms with Crippen molar-refractivity contribution in [3.63, 3.8) is 0 Å². The van der Waals surface area contributed by atoms with Crippen LogP contribution in [-0.4, -0.2) is 28.4 Å². The first-order chi connectivity index (χ1) is 10.7. The van der Waals surface area contributed by atoms with Gasteiger partial charge in [0.15, 0.2) is 0 Å². The fourth-order valence-electron chi connectivity index (χ4n) is 2.01. The van der Waals surface area contributed by atoms with Crippen LogP contribution < -0.4 is 10.1 Å². The van der Waals surface area contributed by atoms with Crippen LogP contribution in [-0.2, 0) is 16.1 Å². The molecule has 0 aliphatic rings. The minimum Gasteiger partial charge on any atom is -0.497 e. The third-order valence-electron chi connectivity index (χ3n) is 3.21. The van der Waals surface area contributed by atoms with Gasteiger partial charge < -0.3 is 14.6 Å². The van der Waals surface area contributed by atoms with E-state index in [1.165, 1.54) is 0 Å². The normalized spacial score (nSPS) is 10.2. The molecule has 0 aliphatic heterocycles. The maximum Gasteiger partial charge on any atom is 0.291 e. The number of anilines is 1. The number of unbranched alkanes of at least 4 members (excludes halogenated alkanes) is 1. The summed E-state index contributed by atoms with van der Waals surface area (Å²) in [5, 5.41) is 2.59. The molecule has 0 unspecified atom stereocenters. The maximum absolute atomic E-state index is 11.8. The van der Waals surface area contributed by atoms with E-state index in [1.807, 2.05) is 10.8 Å². The molecule has 1 aromatic heterocycles. The number of aromatic nitrogens is 2. The molecule has 116 valence electrons. The molecule has 2 aromatic rings. The van der Waals surface area contributed by atoms with E-state index in [2.05, 4.69) is 10.3 Å². The number of Topliss-reactive ketones (excluding diaryl/α,β-unsaturated/α-hetero) is 1. The van der Waals surface area contributed by atoms with Gasteiger partial charge in [-0.15, -0.1) is 0 Å². The standard InChI is InChI=1S/C16H19N3O3/c1-22-14-6-4-5-13(11-14)18-16(21)15(20)7-2-3-9-19-10-8-17-12-19/h4-6,8,10-12H,2-3,7,9H2,1H3,(H,18,21). The van der Waals surface area contributed by atoms with Gasteiger partial charge in [-0.25, -0.2) is 4.98 Å². The number of nitrogens with zero attached hydrogens (tertiary/aromatic N) is 2. The highest BCUT2D eigenvalue weighted by molar-refractivity contribution is 6.40. The third kappa shape index (κ3) is 4.73. The van der Waals surface area contributed by atoms with Gasteiger partial charge in [0.05, 0.1) is 13.4 Å². The third-order valence-corrected chi connectivity index (χ3v) is 3.21. The Morgan fingerprint density at radius 1 is 1.32 bits per heavy atom. The van der Waals surface area contributed by atoms with Crippen LogP contribution in [0.2, 0.25) is 0 Å². The van der Waals surface area contributed by atoms with Crippen LogP contribution in [0.4, 0.5) is 5.69 Å². The van der Waals surface area contributed by atoms with E-state index >= 15 is 0 Å². The molecule has 1 amide bonds. The molecule has 0 saturated carbocycles. The largest absolute Gasteiger partial charge is 0.497 e. The van der Waals surface area contributed by atoms with Crippen molar-refractivity contribution in [1.82, 2.24) is 9.55 Å². The Labute approximate surface area is 129 Å². The topological polar surface area (TPSA) is 73.2 Å². The van der Waals surface area contributed by atoms with E-state index in [1.54, 1.807) is 43.9 Å². The summed E-state index contributed by atoms with van der Waals surface area (Å²) >= 11 is 0. The van der Waals surface area contributed by atoms with Crippen LogP contribution in [0.15, 0.2) is 43.0 Å². The maximum atomic E-state index is 11.8. The number of hydrogen-bond acceptors (Lipinski definition) is 4. The number of nitrogens with one attached hydrogen (secondary N) is 1. The van der Waals surface area contributed by atoms with Crippen molar-refractivity contribution in [3.05, 3.63) is 43.0 Å². The number of methoxy groups -OCH3 is 1. The molecule has 0 fully saturated rings. The lowest BCUT2D eigenvalue weighted by Crippen LogP contribution is -2.22. The first kappa shape index (κ1) is 15.8. The van der Waals surface area contributed by atoms with Gasteiger partial charge in [0.2, 0.25) is 5.78 Å². The first-order valence-electron chi connectivity index (χ1n) is 7.13. The summed E-state index contributed by atoms with van der Waals surface area (Å²) < 4.78 is 7.01. The Bertz CT molecular complexity index is 623. The monoisotopic (exact) mass is 301 g/mol. The molecule has 1 heterocycles. The number of hydrogen-bond donors (Lipinski definition) is 1. The second-order valence-electron chi connectivity index (χ2n) is 4.87. The zero-order valence-electron chi connectivity index (χ0n) is 12.5. The number of benzene rings is 1. The fourth-order valence-corrected chi connectivity index (χ4v) is 2.01. The number of carbonyl (C=O) groups is 2. The van der Waals surface area contributed by atoms with Crippen LogP contribution >= 0.6 is 0 Å². The van der Waals surface area contributed by atoms with E-state index in [-0.39, 0.29) is 6.42 Å². The van der Waals surface area contributed by atoms with Crippen LogP contribution in [0, 0.1) is 0 Å². The molecule has 0 bridgehead atoms. The summed E-state index contributed by atoms with van der Waals surface area (Å²) in [5.74, 6) is -0.366. The molecule has 1 aromatic carbocycles. The van der Waals surface area contributed by atoms with Crippen LogP contribution in [0.5, 0.6) is 5.75 Å². The van der Waals surface area contributed by atoms with E-state index in [0.717, 1.165) is 13.0 Å². The van der Waals surface area contributed by atoms with Crippen LogP contribution in [0.3, 0.4) is 0 Å². The number of imidazole rings is 1. The van der Waals surface area contributed by atoms with Gasteiger partial charge in [0.25, 0.3) is 5.91 Å². The Kier molecular flexibility index (Phi) is 5.71. The number of ether oxygens (including phenoxy) is 1. The highest BCUT2D eigenvalue weighted by atomic mass is 16.5. The summed E-state index contributed by atoms with van der Waals surface area (Å²) in [4.78, 5) is 27.6. The molecule has 0 radical (unpaired) electrons. The minimum atomic E-state index is -0.587. The van der Waals surface area contributed by atoms with E-state index in [9.17, 15) is 9.59 Å². The fraction of sp³-hybridized carbons (Fsp3) is 0.312. The zero-order chi connectivity index (χ0) is 15.8. The summed E-state index contributed by atoms with van der Waals surface area (Å²) in [6, 6.07) is 6.91. The lowest BCUT2D eigenvalue weighted by atomic mass is 10.1. The number of rotatable bonds is 8. The highest BCUT2D eigenvalue weighted by Crippen LogP contribution is 2.16. The Morgan fingerprint density at radius 2 is 2.18 bits per heavy atom. The lowest BCUT2D eigenvalue weighted by Gasteiger charge is -2.06. The molecule has 6 heteroatoms. The zero-order valence-corrected chi connectivity index (χ0v) is 12.5.